The van der Waals surface area contributed by atoms with Crippen molar-refractivity contribution in [2.75, 3.05) is 11.9 Å². The van der Waals surface area contributed by atoms with Crippen molar-refractivity contribution in [1.82, 2.24) is 0 Å². The van der Waals surface area contributed by atoms with E-state index in [0.717, 1.165) is 5.56 Å². The quantitative estimate of drug-likeness (QED) is 0.508. The summed E-state index contributed by atoms with van der Waals surface area (Å²) in [6.07, 6.45) is 1.67. The van der Waals surface area contributed by atoms with E-state index in [4.69, 9.17) is 27.9 Å². The number of ether oxygens (including phenoxy) is 1. The molecule has 0 radical (unpaired) electrons. The zero-order valence-electron chi connectivity index (χ0n) is 14.5. The Balaban J connectivity index is 1.53. The Morgan fingerprint density at radius 3 is 2.29 bits per heavy atom. The molecular weight excluding hydrogens is 402 g/mol. The van der Waals surface area contributed by atoms with Gasteiger partial charge in [-0.2, -0.15) is 0 Å². The number of benzene rings is 3. The molecule has 3 aromatic rings. The van der Waals surface area contributed by atoms with Gasteiger partial charge in [-0.1, -0.05) is 23.2 Å². The lowest BCUT2D eigenvalue weighted by atomic mass is 10.2. The molecule has 0 unspecified atom stereocenters. The van der Waals surface area contributed by atoms with E-state index in [1.807, 2.05) is 12.1 Å². The summed E-state index contributed by atoms with van der Waals surface area (Å²) in [6, 6.07) is 17.6. The third-order valence-electron chi connectivity index (χ3n) is 3.59. The summed E-state index contributed by atoms with van der Waals surface area (Å²) in [5.74, 6) is -0.163. The van der Waals surface area contributed by atoms with Gasteiger partial charge in [-0.3, -0.25) is 9.79 Å². The summed E-state index contributed by atoms with van der Waals surface area (Å²) in [7, 11) is 0. The van der Waals surface area contributed by atoms with Crippen LogP contribution in [-0.2, 0) is 4.79 Å². The molecule has 1 N–H and O–H groups in total. The van der Waals surface area contributed by atoms with E-state index in [0.29, 0.717) is 27.2 Å². The van der Waals surface area contributed by atoms with Crippen LogP contribution < -0.4 is 10.1 Å². The molecule has 0 saturated carbocycles. The zero-order chi connectivity index (χ0) is 19.9. The van der Waals surface area contributed by atoms with Crippen LogP contribution in [-0.4, -0.2) is 18.7 Å². The van der Waals surface area contributed by atoms with E-state index in [1.54, 1.807) is 36.5 Å². The van der Waals surface area contributed by atoms with Crippen LogP contribution in [0.1, 0.15) is 5.56 Å². The first-order valence-corrected chi connectivity index (χ1v) is 9.02. The first-order chi connectivity index (χ1) is 13.5. The minimum atomic E-state index is -0.365. The molecular formula is C21H15Cl2FN2O2. The van der Waals surface area contributed by atoms with E-state index in [1.165, 1.54) is 24.3 Å². The highest BCUT2D eigenvalue weighted by Gasteiger charge is 2.04. The van der Waals surface area contributed by atoms with Gasteiger partial charge in [-0.15, -0.1) is 0 Å². The highest BCUT2D eigenvalue weighted by molar-refractivity contribution is 6.35. The summed E-state index contributed by atoms with van der Waals surface area (Å²) < 4.78 is 18.3. The van der Waals surface area contributed by atoms with E-state index < -0.39 is 0 Å². The minimum absolute atomic E-state index is 0.161. The number of nitrogens with one attached hydrogen (secondary N) is 1. The van der Waals surface area contributed by atoms with Gasteiger partial charge in [0.25, 0.3) is 5.91 Å². The summed E-state index contributed by atoms with van der Waals surface area (Å²) in [6.45, 7) is -0.161. The van der Waals surface area contributed by atoms with Crippen molar-refractivity contribution >= 4 is 46.7 Å². The minimum Gasteiger partial charge on any atom is -0.484 e. The maximum absolute atomic E-state index is 12.9. The Labute approximate surface area is 171 Å². The molecule has 1 amide bonds. The van der Waals surface area contributed by atoms with Gasteiger partial charge in [-0.25, -0.2) is 4.39 Å². The number of aliphatic imine (C=N–C) groups is 1. The zero-order valence-corrected chi connectivity index (χ0v) is 16.0. The number of hydrogen-bond acceptors (Lipinski definition) is 3. The normalized spacial score (nSPS) is 10.8. The topological polar surface area (TPSA) is 50.7 Å². The fourth-order valence-electron chi connectivity index (χ4n) is 2.29. The molecule has 0 atom stereocenters. The van der Waals surface area contributed by atoms with Crippen LogP contribution in [0.2, 0.25) is 10.0 Å². The van der Waals surface area contributed by atoms with Gasteiger partial charge < -0.3 is 10.1 Å². The fourth-order valence-corrected chi connectivity index (χ4v) is 2.81. The molecule has 0 aromatic heterocycles. The second-order valence-corrected chi connectivity index (χ2v) is 6.67. The number of amides is 1. The lowest BCUT2D eigenvalue weighted by Gasteiger charge is -2.07. The van der Waals surface area contributed by atoms with E-state index in [2.05, 4.69) is 10.3 Å². The van der Waals surface area contributed by atoms with Gasteiger partial charge in [0.1, 0.15) is 11.6 Å². The highest BCUT2D eigenvalue weighted by atomic mass is 35.5. The lowest BCUT2D eigenvalue weighted by Crippen LogP contribution is -2.20. The number of carbonyl (C=O) groups is 1. The van der Waals surface area contributed by atoms with Gasteiger partial charge in [0, 0.05) is 21.9 Å². The molecule has 7 heteroatoms. The molecule has 0 aliphatic rings. The van der Waals surface area contributed by atoms with Crippen LogP contribution in [0.5, 0.6) is 5.75 Å². The van der Waals surface area contributed by atoms with Crippen molar-refractivity contribution < 1.29 is 13.9 Å². The number of hydrogen-bond donors (Lipinski definition) is 1. The van der Waals surface area contributed by atoms with E-state index >= 15 is 0 Å². The maximum Gasteiger partial charge on any atom is 0.262 e. The summed E-state index contributed by atoms with van der Waals surface area (Å²) in [5.41, 5.74) is 2.00. The first-order valence-electron chi connectivity index (χ1n) is 8.26. The van der Waals surface area contributed by atoms with E-state index in [9.17, 15) is 9.18 Å². The van der Waals surface area contributed by atoms with Gasteiger partial charge in [0.15, 0.2) is 6.61 Å². The Morgan fingerprint density at radius 2 is 1.64 bits per heavy atom. The van der Waals surface area contributed by atoms with Crippen LogP contribution in [0.15, 0.2) is 71.7 Å². The van der Waals surface area contributed by atoms with Gasteiger partial charge in [0.05, 0.1) is 5.69 Å². The largest absolute Gasteiger partial charge is 0.484 e. The Morgan fingerprint density at radius 1 is 1.00 bits per heavy atom. The average molecular weight is 417 g/mol. The summed E-state index contributed by atoms with van der Waals surface area (Å²) in [5, 5.41) is 3.66. The third kappa shape index (κ3) is 6.08. The molecule has 3 aromatic carbocycles. The van der Waals surface area contributed by atoms with Crippen molar-refractivity contribution in [3.8, 4) is 5.75 Å². The van der Waals surface area contributed by atoms with Crippen LogP contribution in [0.25, 0.3) is 0 Å². The van der Waals surface area contributed by atoms with Crippen molar-refractivity contribution in [2.45, 2.75) is 0 Å². The van der Waals surface area contributed by atoms with Crippen molar-refractivity contribution in [2.24, 2.45) is 4.99 Å². The maximum atomic E-state index is 12.9. The van der Waals surface area contributed by atoms with Gasteiger partial charge in [-0.05, 0) is 72.3 Å². The standard InChI is InChI=1S/C21H15Cl2FN2O2/c22-15-9-16(23)11-19(10-15)25-12-14-1-7-20(8-2-14)28-13-21(27)26-18-5-3-17(24)4-6-18/h1-12H,13H2,(H,26,27). The van der Waals surface area contributed by atoms with Crippen LogP contribution in [0, 0.1) is 5.82 Å². The number of rotatable bonds is 6. The van der Waals surface area contributed by atoms with Gasteiger partial charge in [0.2, 0.25) is 0 Å². The molecule has 4 nitrogen and oxygen atoms in total. The molecule has 0 spiro atoms. The number of nitrogens with zero attached hydrogens (tertiary/aromatic N) is 1. The average Bonchev–Trinajstić information content (AvgIpc) is 2.67. The molecule has 0 saturated heterocycles. The number of halogens is 3. The number of carbonyl (C=O) groups excluding carboxylic acids is 1. The summed E-state index contributed by atoms with van der Waals surface area (Å²) >= 11 is 11.9. The van der Waals surface area contributed by atoms with Crippen molar-refractivity contribution in [3.05, 3.63) is 88.2 Å². The SMILES string of the molecule is O=C(COc1ccc(C=Nc2cc(Cl)cc(Cl)c2)cc1)Nc1ccc(F)cc1. The third-order valence-corrected chi connectivity index (χ3v) is 4.02. The van der Waals surface area contributed by atoms with Crippen LogP contribution >= 0.6 is 23.2 Å². The predicted octanol–water partition coefficient (Wildman–Crippen LogP) is 5.90. The van der Waals surface area contributed by atoms with Crippen molar-refractivity contribution in [3.63, 3.8) is 0 Å². The molecule has 142 valence electrons. The van der Waals surface area contributed by atoms with Crippen molar-refractivity contribution in [1.29, 1.82) is 0 Å². The molecule has 0 aliphatic carbocycles. The smallest absolute Gasteiger partial charge is 0.262 e. The fraction of sp³-hybridized carbons (Fsp3) is 0.0476. The molecule has 0 fully saturated rings. The Kier molecular flexibility index (Phi) is 6.63. The molecule has 0 bridgehead atoms. The highest BCUT2D eigenvalue weighted by Crippen LogP contribution is 2.24. The Hall–Kier alpha value is -2.89. The monoisotopic (exact) mass is 416 g/mol. The first kappa shape index (κ1) is 19.9. The predicted molar refractivity (Wildman–Crippen MR) is 111 cm³/mol. The molecule has 0 heterocycles. The molecule has 3 rings (SSSR count). The summed E-state index contributed by atoms with van der Waals surface area (Å²) in [4.78, 5) is 16.2. The molecule has 0 aliphatic heterocycles. The molecule has 28 heavy (non-hydrogen) atoms. The van der Waals surface area contributed by atoms with Crippen LogP contribution in [0.4, 0.5) is 15.8 Å². The Bertz CT molecular complexity index is 970. The lowest BCUT2D eigenvalue weighted by molar-refractivity contribution is -0.118. The number of anilines is 1. The second kappa shape index (κ2) is 9.35. The van der Waals surface area contributed by atoms with Gasteiger partial charge >= 0.3 is 0 Å². The van der Waals surface area contributed by atoms with E-state index in [-0.39, 0.29) is 18.3 Å². The van der Waals surface area contributed by atoms with Crippen LogP contribution in [0.3, 0.4) is 0 Å². The second-order valence-electron chi connectivity index (χ2n) is 5.80.